The van der Waals surface area contributed by atoms with Crippen molar-refractivity contribution in [3.63, 3.8) is 0 Å². The highest BCUT2D eigenvalue weighted by Crippen LogP contribution is 2.32. The van der Waals surface area contributed by atoms with Crippen LogP contribution in [0, 0.1) is 6.92 Å². The van der Waals surface area contributed by atoms with Crippen LogP contribution in [0.5, 0.6) is 0 Å². The number of hydrogen-bond donors (Lipinski definition) is 1. The van der Waals surface area contributed by atoms with Gasteiger partial charge in [0.15, 0.2) is 9.84 Å². The standard InChI is InChI=1S/C28H27N5O4S/c1-18-4-5-19-3-2-10-33(27(19)31-18)26-9-8-21-15-29-23(14-24(21)32-26)16-30-28(34)20-6-7-22-17-37-11-12-38(35,36)25(22)13-20/h4-9,13-15H,2-3,10-12,16-17H2,1H3,(H,30,34). The number of benzene rings is 1. The zero-order valence-corrected chi connectivity index (χ0v) is 21.8. The molecule has 2 aliphatic heterocycles. The van der Waals surface area contributed by atoms with Gasteiger partial charge in [-0.15, -0.1) is 0 Å². The number of aromatic nitrogens is 3. The second kappa shape index (κ2) is 9.77. The van der Waals surface area contributed by atoms with E-state index >= 15 is 0 Å². The molecular formula is C28H27N5O4S. The molecule has 6 rings (SSSR count). The van der Waals surface area contributed by atoms with Crippen LogP contribution >= 0.6 is 0 Å². The van der Waals surface area contributed by atoms with Gasteiger partial charge in [-0.05, 0) is 67.3 Å². The second-order valence-electron chi connectivity index (χ2n) is 9.60. The average Bonchev–Trinajstić information content (AvgIpc) is 3.08. The number of aryl methyl sites for hydroxylation is 2. The van der Waals surface area contributed by atoms with E-state index in [1.165, 1.54) is 11.6 Å². The van der Waals surface area contributed by atoms with Gasteiger partial charge in [0.05, 0.1) is 41.6 Å². The maximum absolute atomic E-state index is 12.9. The minimum absolute atomic E-state index is 0.0975. The topological polar surface area (TPSA) is 114 Å². The number of ether oxygens (including phenoxy) is 1. The summed E-state index contributed by atoms with van der Waals surface area (Å²) in [7, 11) is -3.49. The summed E-state index contributed by atoms with van der Waals surface area (Å²) in [6.07, 6.45) is 3.78. The van der Waals surface area contributed by atoms with Gasteiger partial charge >= 0.3 is 0 Å². The molecule has 2 aliphatic rings. The molecule has 0 fully saturated rings. The summed E-state index contributed by atoms with van der Waals surface area (Å²) < 4.78 is 30.5. The van der Waals surface area contributed by atoms with Crippen molar-refractivity contribution in [2.24, 2.45) is 0 Å². The molecular weight excluding hydrogens is 502 g/mol. The highest BCUT2D eigenvalue weighted by Gasteiger charge is 2.24. The number of hydrogen-bond acceptors (Lipinski definition) is 8. The Balaban J connectivity index is 1.22. The molecule has 194 valence electrons. The zero-order valence-electron chi connectivity index (χ0n) is 21.0. The van der Waals surface area contributed by atoms with Crippen LogP contribution in [0.4, 0.5) is 11.6 Å². The number of carbonyl (C=O) groups is 1. The van der Waals surface area contributed by atoms with Gasteiger partial charge < -0.3 is 15.0 Å². The molecule has 3 aromatic heterocycles. The van der Waals surface area contributed by atoms with E-state index in [2.05, 4.69) is 21.3 Å². The number of rotatable bonds is 4. The molecule has 1 aromatic carbocycles. The molecule has 5 heterocycles. The van der Waals surface area contributed by atoms with Crippen molar-refractivity contribution in [2.45, 2.75) is 37.8 Å². The van der Waals surface area contributed by atoms with Crippen LogP contribution in [0.1, 0.15) is 39.3 Å². The minimum Gasteiger partial charge on any atom is -0.376 e. The molecule has 0 unspecified atom stereocenters. The molecule has 38 heavy (non-hydrogen) atoms. The van der Waals surface area contributed by atoms with Crippen LogP contribution in [0.25, 0.3) is 10.9 Å². The Morgan fingerprint density at radius 3 is 2.84 bits per heavy atom. The van der Waals surface area contributed by atoms with Gasteiger partial charge in [-0.3, -0.25) is 9.78 Å². The SMILES string of the molecule is Cc1ccc2c(n1)N(c1ccc3cnc(CNC(=O)c4ccc5c(c4)S(=O)(=O)CCOC5)cc3n1)CCC2. The van der Waals surface area contributed by atoms with E-state index in [4.69, 9.17) is 14.7 Å². The van der Waals surface area contributed by atoms with E-state index in [-0.39, 0.29) is 41.9 Å². The molecule has 4 aromatic rings. The Morgan fingerprint density at radius 2 is 1.95 bits per heavy atom. The van der Waals surface area contributed by atoms with Crippen molar-refractivity contribution in [2.75, 3.05) is 23.8 Å². The third-order valence-corrected chi connectivity index (χ3v) is 8.67. The molecule has 0 saturated carbocycles. The highest BCUT2D eigenvalue weighted by molar-refractivity contribution is 7.91. The van der Waals surface area contributed by atoms with E-state index in [1.54, 1.807) is 18.3 Å². The average molecular weight is 530 g/mol. The van der Waals surface area contributed by atoms with Gasteiger partial charge in [0.2, 0.25) is 0 Å². The van der Waals surface area contributed by atoms with Crippen LogP contribution in [0.2, 0.25) is 0 Å². The molecule has 9 nitrogen and oxygen atoms in total. The third kappa shape index (κ3) is 4.72. The van der Waals surface area contributed by atoms with E-state index in [0.717, 1.165) is 47.6 Å². The summed E-state index contributed by atoms with van der Waals surface area (Å²) in [6, 6.07) is 14.7. The normalized spacial score (nSPS) is 16.4. The minimum atomic E-state index is -3.49. The maximum atomic E-state index is 12.9. The largest absolute Gasteiger partial charge is 0.376 e. The zero-order chi connectivity index (χ0) is 26.3. The fourth-order valence-corrected chi connectivity index (χ4v) is 6.28. The Kier molecular flexibility index (Phi) is 6.29. The first-order valence-electron chi connectivity index (χ1n) is 12.6. The summed E-state index contributed by atoms with van der Waals surface area (Å²) in [5.41, 5.74) is 4.47. The Labute approximate surface area is 220 Å². The Morgan fingerprint density at radius 1 is 1.08 bits per heavy atom. The lowest BCUT2D eigenvalue weighted by atomic mass is 10.1. The first-order chi connectivity index (χ1) is 18.4. The van der Waals surface area contributed by atoms with Gasteiger partial charge in [-0.2, -0.15) is 0 Å². The van der Waals surface area contributed by atoms with E-state index in [0.29, 0.717) is 11.3 Å². The first-order valence-corrected chi connectivity index (χ1v) is 14.2. The molecule has 0 spiro atoms. The van der Waals surface area contributed by atoms with Crippen LogP contribution < -0.4 is 10.2 Å². The fourth-order valence-electron chi connectivity index (χ4n) is 4.89. The third-order valence-electron chi connectivity index (χ3n) is 6.92. The van der Waals surface area contributed by atoms with E-state index < -0.39 is 9.84 Å². The number of nitrogens with one attached hydrogen (secondary N) is 1. The van der Waals surface area contributed by atoms with Gasteiger partial charge in [0.25, 0.3) is 5.91 Å². The van der Waals surface area contributed by atoms with Crippen LogP contribution in [0.15, 0.2) is 59.6 Å². The number of sulfone groups is 1. The number of nitrogens with zero attached hydrogens (tertiary/aromatic N) is 4. The van der Waals surface area contributed by atoms with E-state index in [9.17, 15) is 13.2 Å². The van der Waals surface area contributed by atoms with Gasteiger partial charge in [-0.1, -0.05) is 12.1 Å². The Bertz CT molecular complexity index is 1670. The first kappa shape index (κ1) is 24.4. The fraction of sp³-hybridized carbons (Fsp3) is 0.286. The van der Waals surface area contributed by atoms with Crippen molar-refractivity contribution >= 4 is 38.3 Å². The highest BCUT2D eigenvalue weighted by atomic mass is 32.2. The molecule has 0 atom stereocenters. The monoisotopic (exact) mass is 529 g/mol. The quantitative estimate of drug-likeness (QED) is 0.426. The van der Waals surface area contributed by atoms with Crippen molar-refractivity contribution in [3.8, 4) is 0 Å². The predicted octanol–water partition coefficient (Wildman–Crippen LogP) is 3.65. The number of fused-ring (bicyclic) bond motifs is 3. The van der Waals surface area contributed by atoms with Gasteiger partial charge in [0.1, 0.15) is 11.6 Å². The summed E-state index contributed by atoms with van der Waals surface area (Å²) in [4.78, 5) is 29.3. The summed E-state index contributed by atoms with van der Waals surface area (Å²) >= 11 is 0. The lowest BCUT2D eigenvalue weighted by Crippen LogP contribution is -2.26. The molecule has 0 aliphatic carbocycles. The molecule has 10 heteroatoms. The molecule has 1 amide bonds. The van der Waals surface area contributed by atoms with Crippen molar-refractivity contribution in [3.05, 3.63) is 82.8 Å². The van der Waals surface area contributed by atoms with Crippen molar-refractivity contribution in [1.82, 2.24) is 20.3 Å². The number of carbonyl (C=O) groups excluding carboxylic acids is 1. The maximum Gasteiger partial charge on any atom is 0.251 e. The second-order valence-corrected chi connectivity index (χ2v) is 11.7. The van der Waals surface area contributed by atoms with E-state index in [1.807, 2.05) is 31.2 Å². The van der Waals surface area contributed by atoms with Crippen molar-refractivity contribution in [1.29, 1.82) is 0 Å². The molecule has 0 saturated heterocycles. The lowest BCUT2D eigenvalue weighted by Gasteiger charge is -2.29. The number of pyridine rings is 3. The predicted molar refractivity (Wildman–Crippen MR) is 143 cm³/mol. The number of amides is 1. The van der Waals surface area contributed by atoms with Crippen LogP contribution in [-0.2, 0) is 34.1 Å². The van der Waals surface area contributed by atoms with Crippen LogP contribution in [0.3, 0.4) is 0 Å². The molecule has 1 N–H and O–H groups in total. The molecule has 0 radical (unpaired) electrons. The summed E-state index contributed by atoms with van der Waals surface area (Å²) in [5, 5.41) is 3.75. The number of anilines is 2. The van der Waals surface area contributed by atoms with Gasteiger partial charge in [-0.25, -0.2) is 18.4 Å². The smallest absolute Gasteiger partial charge is 0.251 e. The van der Waals surface area contributed by atoms with Crippen molar-refractivity contribution < 1.29 is 17.9 Å². The Hall–Kier alpha value is -3.89. The summed E-state index contributed by atoms with van der Waals surface area (Å²) in [5.74, 6) is 1.31. The lowest BCUT2D eigenvalue weighted by molar-refractivity contribution is 0.0950. The summed E-state index contributed by atoms with van der Waals surface area (Å²) in [6.45, 7) is 3.37. The van der Waals surface area contributed by atoms with Crippen LogP contribution in [-0.4, -0.2) is 48.2 Å². The van der Waals surface area contributed by atoms with Gasteiger partial charge in [0, 0.05) is 29.4 Å². The molecule has 0 bridgehead atoms.